The van der Waals surface area contributed by atoms with E-state index in [1.54, 1.807) is 19.0 Å². The third-order valence-corrected chi connectivity index (χ3v) is 2.30. The summed E-state index contributed by atoms with van der Waals surface area (Å²) in [4.78, 5) is 12.8. The first-order valence-corrected chi connectivity index (χ1v) is 6.61. The molecule has 0 bridgehead atoms. The number of hydrogen-bond donors (Lipinski definition) is 0. The minimum absolute atomic E-state index is 0.252. The summed E-state index contributed by atoms with van der Waals surface area (Å²) < 4.78 is 0. The van der Waals surface area contributed by atoms with Gasteiger partial charge in [-0.25, -0.2) is 0 Å². The van der Waals surface area contributed by atoms with Crippen molar-refractivity contribution in [2.45, 2.75) is 0 Å². The van der Waals surface area contributed by atoms with Gasteiger partial charge in [-0.05, 0) is 18.8 Å². The highest BCUT2D eigenvalue weighted by Gasteiger charge is 2.16. The first kappa shape index (κ1) is 18.2. The van der Waals surface area contributed by atoms with E-state index >= 15 is 0 Å². The van der Waals surface area contributed by atoms with E-state index < -0.39 is 10.0 Å². The largest absolute Gasteiger partial charge is 0.341 e. The standard InChI is InChI=1S/C6H15NOS.2C2H4/c1-7(2)6(8)9(3,4)5;2*1-2/h1-5H3;2*1-2H2. The first-order chi connectivity index (χ1) is 5.85. The fraction of sp³-hybridized carbons (Fsp3) is 0.500. The summed E-state index contributed by atoms with van der Waals surface area (Å²) in [6, 6.07) is 0. The molecule has 1 amide bonds. The van der Waals surface area contributed by atoms with Crippen molar-refractivity contribution in [3.8, 4) is 0 Å². The summed E-state index contributed by atoms with van der Waals surface area (Å²) in [6.07, 6.45) is 5.99. The van der Waals surface area contributed by atoms with Crippen LogP contribution in [0.5, 0.6) is 0 Å². The molecule has 0 spiro atoms. The van der Waals surface area contributed by atoms with Crippen LogP contribution in [-0.4, -0.2) is 43.0 Å². The second kappa shape index (κ2) is 9.39. The van der Waals surface area contributed by atoms with Crippen LogP contribution in [0.15, 0.2) is 26.3 Å². The number of amides is 1. The lowest BCUT2D eigenvalue weighted by atomic mass is 11.0. The summed E-state index contributed by atoms with van der Waals surface area (Å²) in [7, 11) is 2.57. The van der Waals surface area contributed by atoms with E-state index in [1.807, 2.05) is 18.8 Å². The molecule has 0 aromatic rings. The Balaban J connectivity index is -0.000000218. The normalized spacial score (nSPS) is 9.62. The van der Waals surface area contributed by atoms with Crippen LogP contribution < -0.4 is 0 Å². The smallest absolute Gasteiger partial charge is 0.263 e. The highest BCUT2D eigenvalue weighted by Crippen LogP contribution is 2.36. The molecule has 0 saturated carbocycles. The van der Waals surface area contributed by atoms with Gasteiger partial charge in [0.05, 0.1) is 0 Å². The van der Waals surface area contributed by atoms with Gasteiger partial charge in [-0.3, -0.25) is 4.79 Å². The number of carbonyl (C=O) groups excluding carboxylic acids is 1. The van der Waals surface area contributed by atoms with Crippen LogP contribution >= 0.6 is 10.0 Å². The third kappa shape index (κ3) is 11.3. The molecular formula is C10H23NOS. The Morgan fingerprint density at radius 1 is 1.00 bits per heavy atom. The Hall–Kier alpha value is -0.700. The molecule has 0 N–H and O–H groups in total. The summed E-state index contributed by atoms with van der Waals surface area (Å²) >= 11 is 0. The molecular weight excluding hydrogens is 182 g/mol. The Bertz CT molecular complexity index is 136. The fourth-order valence-corrected chi connectivity index (χ4v) is 1.64. The molecule has 0 unspecified atom stereocenters. The van der Waals surface area contributed by atoms with Crippen molar-refractivity contribution < 1.29 is 4.79 Å². The van der Waals surface area contributed by atoms with Crippen LogP contribution in [0.4, 0.5) is 4.79 Å². The first-order valence-electron chi connectivity index (χ1n) is 3.75. The number of hydrogen-bond acceptors (Lipinski definition) is 1. The quantitative estimate of drug-likeness (QED) is 0.557. The van der Waals surface area contributed by atoms with Crippen LogP contribution in [0, 0.1) is 0 Å². The molecule has 13 heavy (non-hydrogen) atoms. The zero-order valence-electron chi connectivity index (χ0n) is 9.59. The lowest BCUT2D eigenvalue weighted by Gasteiger charge is -2.26. The van der Waals surface area contributed by atoms with E-state index in [2.05, 4.69) is 26.3 Å². The zero-order valence-corrected chi connectivity index (χ0v) is 10.4. The number of rotatable bonds is 0. The van der Waals surface area contributed by atoms with Crippen molar-refractivity contribution in [3.05, 3.63) is 26.3 Å². The van der Waals surface area contributed by atoms with Gasteiger partial charge in [0.15, 0.2) is 0 Å². The topological polar surface area (TPSA) is 20.3 Å². The molecule has 80 valence electrons. The van der Waals surface area contributed by atoms with E-state index in [1.165, 1.54) is 0 Å². The summed E-state index contributed by atoms with van der Waals surface area (Å²) in [6.45, 7) is 12.0. The minimum atomic E-state index is -1.02. The van der Waals surface area contributed by atoms with Crippen LogP contribution in [0.2, 0.25) is 0 Å². The average Bonchev–Trinajstić information content (AvgIpc) is 2.08. The van der Waals surface area contributed by atoms with Gasteiger partial charge in [0.2, 0.25) is 0 Å². The molecule has 2 nitrogen and oxygen atoms in total. The van der Waals surface area contributed by atoms with Crippen LogP contribution in [0.1, 0.15) is 0 Å². The van der Waals surface area contributed by atoms with E-state index in [4.69, 9.17) is 0 Å². The molecule has 0 aromatic heterocycles. The molecule has 0 heterocycles. The molecule has 0 rings (SSSR count). The molecule has 0 atom stereocenters. The second-order valence-electron chi connectivity index (χ2n) is 3.00. The van der Waals surface area contributed by atoms with Crippen molar-refractivity contribution in [1.29, 1.82) is 0 Å². The van der Waals surface area contributed by atoms with Crippen molar-refractivity contribution in [3.63, 3.8) is 0 Å². The van der Waals surface area contributed by atoms with Gasteiger partial charge in [-0.1, -0.05) is 0 Å². The predicted molar refractivity (Wildman–Crippen MR) is 67.0 cm³/mol. The highest BCUT2D eigenvalue weighted by molar-refractivity contribution is 8.43. The molecule has 3 heteroatoms. The van der Waals surface area contributed by atoms with Gasteiger partial charge in [0.25, 0.3) is 5.24 Å². The van der Waals surface area contributed by atoms with Crippen molar-refractivity contribution in [2.24, 2.45) is 0 Å². The van der Waals surface area contributed by atoms with Crippen LogP contribution in [0.3, 0.4) is 0 Å². The van der Waals surface area contributed by atoms with E-state index in [9.17, 15) is 4.79 Å². The van der Waals surface area contributed by atoms with Crippen molar-refractivity contribution >= 4 is 15.3 Å². The molecule has 0 aliphatic rings. The van der Waals surface area contributed by atoms with Gasteiger partial charge in [-0.15, -0.1) is 26.3 Å². The summed E-state index contributed by atoms with van der Waals surface area (Å²) in [5.74, 6) is 0. The Labute approximate surface area is 84.6 Å². The van der Waals surface area contributed by atoms with E-state index in [0.717, 1.165) is 0 Å². The molecule has 0 fully saturated rings. The number of carbonyl (C=O) groups is 1. The molecule has 0 radical (unpaired) electrons. The SMILES string of the molecule is C=C.C=C.CN(C)C(=O)S(C)(C)C. The highest BCUT2D eigenvalue weighted by atomic mass is 32.3. The molecule has 0 aliphatic carbocycles. The van der Waals surface area contributed by atoms with Crippen molar-refractivity contribution in [1.82, 2.24) is 4.90 Å². The lowest BCUT2D eigenvalue weighted by Crippen LogP contribution is -2.24. The summed E-state index contributed by atoms with van der Waals surface area (Å²) in [5.41, 5.74) is 0. The molecule has 0 saturated heterocycles. The third-order valence-electron chi connectivity index (χ3n) is 0.889. The van der Waals surface area contributed by atoms with Crippen molar-refractivity contribution in [2.75, 3.05) is 32.9 Å². The molecule has 0 aliphatic heterocycles. The van der Waals surface area contributed by atoms with Gasteiger partial charge in [0.1, 0.15) is 0 Å². The van der Waals surface area contributed by atoms with Gasteiger partial charge in [0, 0.05) is 14.1 Å². The van der Waals surface area contributed by atoms with E-state index in [-0.39, 0.29) is 5.24 Å². The number of nitrogens with zero attached hydrogens (tertiary/aromatic N) is 1. The Morgan fingerprint density at radius 2 is 1.23 bits per heavy atom. The Kier molecular flexibility index (Phi) is 13.1. The van der Waals surface area contributed by atoms with Crippen LogP contribution in [-0.2, 0) is 0 Å². The van der Waals surface area contributed by atoms with Gasteiger partial charge in [-0.2, -0.15) is 10.0 Å². The van der Waals surface area contributed by atoms with Gasteiger partial charge < -0.3 is 4.90 Å². The Morgan fingerprint density at radius 3 is 1.23 bits per heavy atom. The minimum Gasteiger partial charge on any atom is -0.341 e. The van der Waals surface area contributed by atoms with Crippen LogP contribution in [0.25, 0.3) is 0 Å². The maximum absolute atomic E-state index is 11.1. The van der Waals surface area contributed by atoms with Gasteiger partial charge >= 0.3 is 0 Å². The second-order valence-corrected chi connectivity index (χ2v) is 7.02. The maximum Gasteiger partial charge on any atom is 0.263 e. The fourth-order valence-electron chi connectivity index (χ4n) is 0.548. The summed E-state index contributed by atoms with van der Waals surface area (Å²) in [5, 5.41) is 0.252. The lowest BCUT2D eigenvalue weighted by molar-refractivity contribution is 0.240. The zero-order chi connectivity index (χ0) is 11.7. The molecule has 0 aromatic carbocycles. The monoisotopic (exact) mass is 205 g/mol. The maximum atomic E-state index is 11.1. The average molecular weight is 205 g/mol. The predicted octanol–water partition coefficient (Wildman–Crippen LogP) is 2.97. The van der Waals surface area contributed by atoms with E-state index in [0.29, 0.717) is 0 Å².